The van der Waals surface area contributed by atoms with Crippen LogP contribution in [0.1, 0.15) is 11.3 Å². The van der Waals surface area contributed by atoms with Crippen LogP contribution >= 0.6 is 0 Å². The van der Waals surface area contributed by atoms with Crippen molar-refractivity contribution in [3.8, 4) is 0 Å². The molecule has 1 amide bonds. The first-order valence-corrected chi connectivity index (χ1v) is 6.78. The molecule has 22 heavy (non-hydrogen) atoms. The molecule has 0 aliphatic rings. The standard InChI is InChI=1S/C14H17N5O3/c1-10-6-15-8-18(14(10)22)4-3-16-12(20)7-19-9-17-11(2)5-13(19)21/h5-6,8-9H,3-4,7H2,1-2H3,(H,16,20). The van der Waals surface area contributed by atoms with Gasteiger partial charge in [-0.15, -0.1) is 0 Å². The zero-order valence-electron chi connectivity index (χ0n) is 12.4. The summed E-state index contributed by atoms with van der Waals surface area (Å²) in [6.07, 6.45) is 4.26. The number of aromatic nitrogens is 4. The smallest absolute Gasteiger partial charge is 0.256 e. The fourth-order valence-corrected chi connectivity index (χ4v) is 1.88. The highest BCUT2D eigenvalue weighted by Gasteiger charge is 2.05. The normalized spacial score (nSPS) is 10.5. The topological polar surface area (TPSA) is 98.9 Å². The fourth-order valence-electron chi connectivity index (χ4n) is 1.88. The van der Waals surface area contributed by atoms with Crippen molar-refractivity contribution in [1.82, 2.24) is 24.4 Å². The van der Waals surface area contributed by atoms with Crippen molar-refractivity contribution in [2.45, 2.75) is 26.9 Å². The van der Waals surface area contributed by atoms with Crippen LogP contribution < -0.4 is 16.4 Å². The van der Waals surface area contributed by atoms with Crippen molar-refractivity contribution >= 4 is 5.91 Å². The Morgan fingerprint density at radius 3 is 2.73 bits per heavy atom. The zero-order valence-corrected chi connectivity index (χ0v) is 12.4. The highest BCUT2D eigenvalue weighted by atomic mass is 16.2. The van der Waals surface area contributed by atoms with E-state index in [2.05, 4.69) is 15.3 Å². The van der Waals surface area contributed by atoms with Crippen molar-refractivity contribution in [1.29, 1.82) is 0 Å². The van der Waals surface area contributed by atoms with E-state index >= 15 is 0 Å². The Morgan fingerprint density at radius 2 is 2.00 bits per heavy atom. The minimum atomic E-state index is -0.318. The summed E-state index contributed by atoms with van der Waals surface area (Å²) in [7, 11) is 0. The molecule has 0 atom stereocenters. The molecule has 2 rings (SSSR count). The highest BCUT2D eigenvalue weighted by Crippen LogP contribution is 1.87. The molecule has 0 unspecified atom stereocenters. The lowest BCUT2D eigenvalue weighted by Crippen LogP contribution is -2.35. The van der Waals surface area contributed by atoms with Gasteiger partial charge in [-0.2, -0.15) is 0 Å². The van der Waals surface area contributed by atoms with E-state index in [1.807, 2.05) is 0 Å². The molecule has 0 saturated heterocycles. The second-order valence-electron chi connectivity index (χ2n) is 4.92. The molecule has 2 aromatic heterocycles. The van der Waals surface area contributed by atoms with Crippen molar-refractivity contribution in [2.75, 3.05) is 6.54 Å². The van der Waals surface area contributed by atoms with Gasteiger partial charge in [-0.3, -0.25) is 23.5 Å². The third kappa shape index (κ3) is 3.87. The van der Waals surface area contributed by atoms with Gasteiger partial charge in [-0.1, -0.05) is 0 Å². The number of nitrogens with zero attached hydrogens (tertiary/aromatic N) is 4. The van der Waals surface area contributed by atoms with E-state index in [9.17, 15) is 14.4 Å². The summed E-state index contributed by atoms with van der Waals surface area (Å²) in [5.74, 6) is -0.318. The Labute approximate surface area is 126 Å². The Bertz CT molecular complexity index is 794. The van der Waals surface area contributed by atoms with E-state index in [-0.39, 0.29) is 30.1 Å². The van der Waals surface area contributed by atoms with E-state index in [4.69, 9.17) is 0 Å². The Kier molecular flexibility index (Phi) is 4.82. The molecule has 0 aliphatic heterocycles. The van der Waals surface area contributed by atoms with Gasteiger partial charge in [-0.05, 0) is 13.8 Å². The minimum absolute atomic E-state index is 0.104. The lowest BCUT2D eigenvalue weighted by atomic mass is 10.4. The van der Waals surface area contributed by atoms with Gasteiger partial charge in [-0.25, -0.2) is 9.97 Å². The number of hydrogen-bond donors (Lipinski definition) is 1. The number of carbonyl (C=O) groups excluding carboxylic acids is 1. The third-order valence-corrected chi connectivity index (χ3v) is 3.08. The molecule has 0 saturated carbocycles. The Morgan fingerprint density at radius 1 is 1.23 bits per heavy atom. The highest BCUT2D eigenvalue weighted by molar-refractivity contribution is 5.75. The molecule has 0 fully saturated rings. The monoisotopic (exact) mass is 303 g/mol. The summed E-state index contributed by atoms with van der Waals surface area (Å²) in [4.78, 5) is 43.1. The lowest BCUT2D eigenvalue weighted by Gasteiger charge is -2.08. The first kappa shape index (κ1) is 15.6. The van der Waals surface area contributed by atoms with Crippen molar-refractivity contribution < 1.29 is 4.79 Å². The second kappa shape index (κ2) is 6.79. The van der Waals surface area contributed by atoms with Gasteiger partial charge >= 0.3 is 0 Å². The predicted octanol–water partition coefficient (Wildman–Crippen LogP) is -0.767. The SMILES string of the molecule is Cc1cc(=O)n(CC(=O)NCCn2cncc(C)c2=O)cn1. The number of carbonyl (C=O) groups is 1. The van der Waals surface area contributed by atoms with E-state index in [0.717, 1.165) is 0 Å². The summed E-state index contributed by atoms with van der Waals surface area (Å²) < 4.78 is 2.65. The van der Waals surface area contributed by atoms with Crippen LogP contribution in [0.3, 0.4) is 0 Å². The minimum Gasteiger partial charge on any atom is -0.353 e. The predicted molar refractivity (Wildman–Crippen MR) is 79.5 cm³/mol. The maximum atomic E-state index is 11.8. The van der Waals surface area contributed by atoms with Crippen LogP contribution in [0.2, 0.25) is 0 Å². The first-order chi connectivity index (χ1) is 10.5. The van der Waals surface area contributed by atoms with Crippen LogP contribution in [0.15, 0.2) is 34.5 Å². The van der Waals surface area contributed by atoms with Crippen molar-refractivity contribution in [3.63, 3.8) is 0 Å². The van der Waals surface area contributed by atoms with Gasteiger partial charge in [0, 0.05) is 36.6 Å². The van der Waals surface area contributed by atoms with E-state index in [0.29, 0.717) is 17.8 Å². The van der Waals surface area contributed by atoms with Gasteiger partial charge in [0.05, 0.1) is 12.7 Å². The number of hydrogen-bond acceptors (Lipinski definition) is 5. The van der Waals surface area contributed by atoms with E-state index in [1.165, 1.54) is 34.1 Å². The molecule has 116 valence electrons. The van der Waals surface area contributed by atoms with Crippen LogP contribution in [-0.4, -0.2) is 31.6 Å². The number of rotatable bonds is 5. The van der Waals surface area contributed by atoms with Gasteiger partial charge in [0.2, 0.25) is 5.91 Å². The second-order valence-corrected chi connectivity index (χ2v) is 4.92. The molecule has 0 bridgehead atoms. The largest absolute Gasteiger partial charge is 0.353 e. The summed E-state index contributed by atoms with van der Waals surface area (Å²) in [6, 6.07) is 1.37. The first-order valence-electron chi connectivity index (χ1n) is 6.78. The quantitative estimate of drug-likeness (QED) is 0.782. The average molecular weight is 303 g/mol. The molecule has 0 aromatic carbocycles. The Hall–Kier alpha value is -2.77. The van der Waals surface area contributed by atoms with Gasteiger partial charge in [0.15, 0.2) is 0 Å². The molecular formula is C14H17N5O3. The molecule has 0 radical (unpaired) electrons. The van der Waals surface area contributed by atoms with Crippen LogP contribution in [-0.2, 0) is 17.9 Å². The van der Waals surface area contributed by atoms with Crippen LogP contribution in [0, 0.1) is 13.8 Å². The number of nitrogens with one attached hydrogen (secondary N) is 1. The van der Waals surface area contributed by atoms with E-state index < -0.39 is 0 Å². The molecule has 8 heteroatoms. The number of aryl methyl sites for hydroxylation is 2. The van der Waals surface area contributed by atoms with Crippen molar-refractivity contribution in [2.24, 2.45) is 0 Å². The molecule has 2 heterocycles. The third-order valence-electron chi connectivity index (χ3n) is 3.08. The maximum absolute atomic E-state index is 11.8. The molecule has 1 N–H and O–H groups in total. The molecular weight excluding hydrogens is 286 g/mol. The maximum Gasteiger partial charge on any atom is 0.256 e. The van der Waals surface area contributed by atoms with Gasteiger partial charge in [0.25, 0.3) is 11.1 Å². The molecule has 2 aromatic rings. The zero-order chi connectivity index (χ0) is 16.1. The molecule has 0 spiro atoms. The molecule has 8 nitrogen and oxygen atoms in total. The van der Waals surface area contributed by atoms with Crippen molar-refractivity contribution in [3.05, 3.63) is 56.9 Å². The van der Waals surface area contributed by atoms with Crippen LogP contribution in [0.5, 0.6) is 0 Å². The summed E-state index contributed by atoms with van der Waals surface area (Å²) in [5, 5.41) is 2.65. The lowest BCUT2D eigenvalue weighted by molar-refractivity contribution is -0.121. The van der Waals surface area contributed by atoms with Gasteiger partial charge < -0.3 is 5.32 Å². The van der Waals surface area contributed by atoms with Crippen LogP contribution in [0.25, 0.3) is 0 Å². The molecule has 0 aliphatic carbocycles. The average Bonchev–Trinajstić information content (AvgIpc) is 2.46. The number of amides is 1. The van der Waals surface area contributed by atoms with E-state index in [1.54, 1.807) is 13.8 Å². The summed E-state index contributed by atoms with van der Waals surface area (Å²) in [5.41, 5.74) is 0.740. The Balaban J connectivity index is 1.89. The summed E-state index contributed by atoms with van der Waals surface area (Å²) >= 11 is 0. The van der Waals surface area contributed by atoms with Crippen LogP contribution in [0.4, 0.5) is 0 Å². The fraction of sp³-hybridized carbons (Fsp3) is 0.357. The van der Waals surface area contributed by atoms with Gasteiger partial charge in [0.1, 0.15) is 6.54 Å². The summed E-state index contributed by atoms with van der Waals surface area (Å²) in [6.45, 7) is 3.88.